The van der Waals surface area contributed by atoms with Crippen molar-refractivity contribution in [1.82, 2.24) is 4.90 Å². The molecule has 1 unspecified atom stereocenters. The normalized spacial score (nSPS) is 20.3. The summed E-state index contributed by atoms with van der Waals surface area (Å²) in [6, 6.07) is 0.161. The van der Waals surface area contributed by atoms with Gasteiger partial charge in [0.05, 0.1) is 23.1 Å². The van der Waals surface area contributed by atoms with Gasteiger partial charge in [-0.3, -0.25) is 4.79 Å². The fourth-order valence-electron chi connectivity index (χ4n) is 2.34. The second-order valence-electron chi connectivity index (χ2n) is 4.59. The van der Waals surface area contributed by atoms with Crippen molar-refractivity contribution in [2.75, 3.05) is 20.3 Å². The smallest absolute Gasteiger partial charge is 0.235 e. The van der Waals surface area contributed by atoms with E-state index in [2.05, 4.69) is 0 Å². The molecule has 1 aliphatic rings. The zero-order valence-corrected chi connectivity index (χ0v) is 11.7. The molecule has 4 nitrogen and oxygen atoms in total. The fourth-order valence-corrected chi connectivity index (χ4v) is 2.71. The number of carbonyl (C=O) groups is 1. The quantitative estimate of drug-likeness (QED) is 0.756. The average Bonchev–Trinajstić information content (AvgIpc) is 2.83. The van der Waals surface area contributed by atoms with Crippen molar-refractivity contribution in [3.05, 3.63) is 0 Å². The van der Waals surface area contributed by atoms with Crippen LogP contribution in [-0.2, 0) is 9.53 Å². The number of carbonyl (C=O) groups excluding carboxylic acids is 1. The lowest BCUT2D eigenvalue weighted by molar-refractivity contribution is -0.139. The van der Waals surface area contributed by atoms with Gasteiger partial charge in [-0.2, -0.15) is 0 Å². The molecule has 1 rings (SSSR count). The summed E-state index contributed by atoms with van der Waals surface area (Å²) in [6.07, 6.45) is 2.19. The Morgan fingerprint density at radius 3 is 2.47 bits per heavy atom. The third-order valence-electron chi connectivity index (χ3n) is 3.86. The number of thiocarbonyl (C=S) groups is 1. The van der Waals surface area contributed by atoms with Crippen LogP contribution >= 0.6 is 12.2 Å². The van der Waals surface area contributed by atoms with E-state index in [1.54, 1.807) is 4.90 Å². The Kier molecular flexibility index (Phi) is 4.89. The maximum absolute atomic E-state index is 12.6. The topological polar surface area (TPSA) is 55.6 Å². The van der Waals surface area contributed by atoms with Crippen molar-refractivity contribution in [1.29, 1.82) is 0 Å². The summed E-state index contributed by atoms with van der Waals surface area (Å²) in [5.41, 5.74) is 5.09. The summed E-state index contributed by atoms with van der Waals surface area (Å²) in [5.74, 6) is 0.0329. The molecular weight excluding hydrogens is 236 g/mol. The van der Waals surface area contributed by atoms with Crippen LogP contribution in [0.2, 0.25) is 0 Å². The summed E-state index contributed by atoms with van der Waals surface area (Å²) in [6.45, 7) is 5.25. The summed E-state index contributed by atoms with van der Waals surface area (Å²) in [5, 5.41) is 0. The van der Waals surface area contributed by atoms with Crippen LogP contribution in [-0.4, -0.2) is 42.1 Å². The fraction of sp³-hybridized carbons (Fsp3) is 0.833. The van der Waals surface area contributed by atoms with Crippen LogP contribution in [0.15, 0.2) is 0 Å². The van der Waals surface area contributed by atoms with Crippen LogP contribution in [0.5, 0.6) is 0 Å². The van der Waals surface area contributed by atoms with Gasteiger partial charge in [0.1, 0.15) is 0 Å². The monoisotopic (exact) mass is 258 g/mol. The zero-order chi connectivity index (χ0) is 13.1. The third-order valence-corrected chi connectivity index (χ3v) is 4.25. The van der Waals surface area contributed by atoms with Crippen molar-refractivity contribution in [3.8, 4) is 0 Å². The Bertz CT molecular complexity index is 297. The number of hydrogen-bond donors (Lipinski definition) is 1. The van der Waals surface area contributed by atoms with E-state index >= 15 is 0 Å². The standard InChI is InChI=1S/C12H22N2O2S/c1-4-12(5-2,10(13)17)11(15)14(3)9-6-7-16-8-9/h9H,4-8H2,1-3H3,(H2,13,17). The van der Waals surface area contributed by atoms with Gasteiger partial charge in [-0.1, -0.05) is 26.1 Å². The van der Waals surface area contributed by atoms with Crippen molar-refractivity contribution in [3.63, 3.8) is 0 Å². The van der Waals surface area contributed by atoms with E-state index in [0.29, 0.717) is 24.4 Å². The molecule has 0 radical (unpaired) electrons. The molecule has 1 aliphatic heterocycles. The maximum atomic E-state index is 12.6. The van der Waals surface area contributed by atoms with Crippen LogP contribution in [0.4, 0.5) is 0 Å². The highest BCUT2D eigenvalue weighted by atomic mass is 32.1. The van der Waals surface area contributed by atoms with E-state index in [1.807, 2.05) is 20.9 Å². The molecule has 0 saturated carbocycles. The second-order valence-corrected chi connectivity index (χ2v) is 5.03. The van der Waals surface area contributed by atoms with E-state index in [1.165, 1.54) is 0 Å². The molecule has 1 heterocycles. The lowest BCUT2D eigenvalue weighted by Gasteiger charge is -2.35. The number of rotatable bonds is 5. The molecule has 1 saturated heterocycles. The molecule has 1 fully saturated rings. The Morgan fingerprint density at radius 2 is 2.12 bits per heavy atom. The second kappa shape index (κ2) is 5.78. The Hall–Kier alpha value is -0.680. The SMILES string of the molecule is CCC(CC)(C(=O)N(C)C1CCOC1)C(N)=S. The Morgan fingerprint density at radius 1 is 1.53 bits per heavy atom. The van der Waals surface area contributed by atoms with Crippen LogP contribution in [0.1, 0.15) is 33.1 Å². The molecule has 0 spiro atoms. The zero-order valence-electron chi connectivity index (χ0n) is 10.9. The summed E-state index contributed by atoms with van der Waals surface area (Å²) in [4.78, 5) is 14.6. The maximum Gasteiger partial charge on any atom is 0.235 e. The molecule has 1 amide bonds. The number of nitrogens with zero attached hydrogens (tertiary/aromatic N) is 1. The first-order chi connectivity index (χ1) is 7.99. The van der Waals surface area contributed by atoms with Crippen molar-refractivity contribution >= 4 is 23.1 Å². The van der Waals surface area contributed by atoms with Crippen molar-refractivity contribution in [2.45, 2.75) is 39.2 Å². The summed E-state index contributed by atoms with van der Waals surface area (Å²) in [7, 11) is 1.82. The van der Waals surface area contributed by atoms with Gasteiger partial charge in [0, 0.05) is 13.7 Å². The van der Waals surface area contributed by atoms with Crippen LogP contribution in [0.3, 0.4) is 0 Å². The van der Waals surface area contributed by atoms with Gasteiger partial charge in [-0.15, -0.1) is 0 Å². The molecule has 98 valence electrons. The summed E-state index contributed by atoms with van der Waals surface area (Å²) >= 11 is 5.10. The predicted octanol–water partition coefficient (Wildman–Crippen LogP) is 1.33. The van der Waals surface area contributed by atoms with E-state index in [0.717, 1.165) is 13.0 Å². The molecule has 0 aromatic rings. The van der Waals surface area contributed by atoms with Crippen LogP contribution < -0.4 is 5.73 Å². The number of ether oxygens (including phenoxy) is 1. The van der Waals surface area contributed by atoms with Gasteiger partial charge in [-0.05, 0) is 19.3 Å². The predicted molar refractivity (Wildman–Crippen MR) is 71.8 cm³/mol. The number of nitrogens with two attached hydrogens (primary N) is 1. The molecule has 0 bridgehead atoms. The number of hydrogen-bond acceptors (Lipinski definition) is 3. The van der Waals surface area contributed by atoms with Crippen LogP contribution in [0, 0.1) is 5.41 Å². The Labute approximate surface area is 108 Å². The number of likely N-dealkylation sites (N-methyl/N-ethyl adjacent to an activating group) is 1. The third kappa shape index (κ3) is 2.60. The number of amides is 1. The highest BCUT2D eigenvalue weighted by Gasteiger charge is 2.42. The van der Waals surface area contributed by atoms with Gasteiger partial charge in [0.2, 0.25) is 5.91 Å². The summed E-state index contributed by atoms with van der Waals surface area (Å²) < 4.78 is 5.31. The first-order valence-corrected chi connectivity index (χ1v) is 6.55. The van der Waals surface area contributed by atoms with Gasteiger partial charge in [0.15, 0.2) is 0 Å². The van der Waals surface area contributed by atoms with E-state index in [-0.39, 0.29) is 11.9 Å². The molecule has 1 atom stereocenters. The molecule has 0 aromatic heterocycles. The minimum Gasteiger partial charge on any atom is -0.392 e. The first kappa shape index (κ1) is 14.4. The lowest BCUT2D eigenvalue weighted by atomic mass is 9.80. The van der Waals surface area contributed by atoms with Gasteiger partial charge < -0.3 is 15.4 Å². The van der Waals surface area contributed by atoms with E-state index in [9.17, 15) is 4.79 Å². The van der Waals surface area contributed by atoms with Crippen LogP contribution in [0.25, 0.3) is 0 Å². The first-order valence-electron chi connectivity index (χ1n) is 6.14. The highest BCUT2D eigenvalue weighted by Crippen LogP contribution is 2.30. The minimum absolute atomic E-state index is 0.0329. The average molecular weight is 258 g/mol. The minimum atomic E-state index is -0.688. The lowest BCUT2D eigenvalue weighted by Crippen LogP contribution is -2.52. The Balaban J connectivity index is 2.87. The molecule has 0 aliphatic carbocycles. The molecule has 17 heavy (non-hydrogen) atoms. The van der Waals surface area contributed by atoms with E-state index in [4.69, 9.17) is 22.7 Å². The molecular formula is C12H22N2O2S. The van der Waals surface area contributed by atoms with Crippen molar-refractivity contribution < 1.29 is 9.53 Å². The van der Waals surface area contributed by atoms with Gasteiger partial charge in [0.25, 0.3) is 0 Å². The highest BCUT2D eigenvalue weighted by molar-refractivity contribution is 7.80. The largest absolute Gasteiger partial charge is 0.392 e. The molecule has 0 aromatic carbocycles. The molecule has 5 heteroatoms. The van der Waals surface area contributed by atoms with E-state index < -0.39 is 5.41 Å². The van der Waals surface area contributed by atoms with Gasteiger partial charge >= 0.3 is 0 Å². The van der Waals surface area contributed by atoms with Crippen molar-refractivity contribution in [2.24, 2.45) is 11.1 Å². The van der Waals surface area contributed by atoms with Gasteiger partial charge in [-0.25, -0.2) is 0 Å². The molecule has 2 N–H and O–H groups in total.